The Hall–Kier alpha value is -3.42. The van der Waals surface area contributed by atoms with Crippen LogP contribution in [0.25, 0.3) is 6.08 Å². The molecule has 6 nitrogen and oxygen atoms in total. The Kier molecular flexibility index (Phi) is 6.91. The monoisotopic (exact) mass is 477 g/mol. The third-order valence-corrected chi connectivity index (χ3v) is 6.40. The van der Waals surface area contributed by atoms with Crippen LogP contribution in [0.3, 0.4) is 0 Å². The summed E-state index contributed by atoms with van der Waals surface area (Å²) in [4.78, 5) is 30.8. The van der Waals surface area contributed by atoms with Crippen molar-refractivity contribution in [3.8, 4) is 0 Å². The van der Waals surface area contributed by atoms with Gasteiger partial charge in [-0.15, -0.1) is 0 Å². The van der Waals surface area contributed by atoms with Crippen LogP contribution in [0, 0.1) is 17.0 Å². The summed E-state index contributed by atoms with van der Waals surface area (Å²) in [6.07, 6.45) is 2.32. The van der Waals surface area contributed by atoms with Crippen LogP contribution in [0.4, 0.5) is 11.4 Å². The molecule has 0 bridgehead atoms. The van der Waals surface area contributed by atoms with Crippen LogP contribution in [0.2, 0.25) is 5.02 Å². The Bertz CT molecular complexity index is 1260. The van der Waals surface area contributed by atoms with Crippen LogP contribution in [-0.2, 0) is 11.2 Å². The van der Waals surface area contributed by atoms with Crippen LogP contribution in [0.1, 0.15) is 16.7 Å². The van der Waals surface area contributed by atoms with Gasteiger partial charge < -0.3 is 0 Å². The summed E-state index contributed by atoms with van der Waals surface area (Å²) < 4.78 is 0. The Balaban J connectivity index is 1.66. The minimum absolute atomic E-state index is 0.0543. The Morgan fingerprint density at radius 3 is 2.52 bits per heavy atom. The minimum Gasteiger partial charge on any atom is -0.286 e. The molecule has 166 valence electrons. The molecule has 0 radical (unpaired) electrons. The molecule has 1 aliphatic rings. The van der Waals surface area contributed by atoms with Gasteiger partial charge in [-0.05, 0) is 60.5 Å². The van der Waals surface area contributed by atoms with E-state index in [0.29, 0.717) is 28.6 Å². The molecular weight excluding hydrogens is 458 g/mol. The smallest absolute Gasteiger partial charge is 0.286 e. The Morgan fingerprint density at radius 2 is 1.82 bits per heavy atom. The number of amides is 1. The molecule has 0 aromatic heterocycles. The van der Waals surface area contributed by atoms with Gasteiger partial charge in [0.05, 0.1) is 15.5 Å². The molecular formula is C25H20ClN3O3S. The number of halogens is 1. The van der Waals surface area contributed by atoms with Gasteiger partial charge in [-0.3, -0.25) is 19.8 Å². The van der Waals surface area contributed by atoms with E-state index < -0.39 is 4.92 Å². The van der Waals surface area contributed by atoms with Gasteiger partial charge in [-0.2, -0.15) is 0 Å². The van der Waals surface area contributed by atoms with Crippen molar-refractivity contribution >= 4 is 51.9 Å². The summed E-state index contributed by atoms with van der Waals surface area (Å²) in [5.74, 6) is -0.181. The molecule has 1 saturated heterocycles. The molecule has 3 aromatic rings. The average molecular weight is 478 g/mol. The normalized spacial score (nSPS) is 16.1. The zero-order valence-corrected chi connectivity index (χ0v) is 19.3. The van der Waals surface area contributed by atoms with E-state index >= 15 is 0 Å². The highest BCUT2D eigenvalue weighted by molar-refractivity contribution is 8.18. The number of nitro groups is 1. The highest BCUT2D eigenvalue weighted by Gasteiger charge is 2.33. The molecule has 1 fully saturated rings. The summed E-state index contributed by atoms with van der Waals surface area (Å²) in [6.45, 7) is 2.47. The molecule has 0 saturated carbocycles. The van der Waals surface area contributed by atoms with Gasteiger partial charge in [0.15, 0.2) is 5.17 Å². The maximum absolute atomic E-state index is 13.3. The van der Waals surface area contributed by atoms with E-state index in [2.05, 4.69) is 0 Å². The molecule has 4 rings (SSSR count). The van der Waals surface area contributed by atoms with Gasteiger partial charge in [0.1, 0.15) is 5.02 Å². The maximum Gasteiger partial charge on any atom is 0.288 e. The van der Waals surface area contributed by atoms with Crippen molar-refractivity contribution in [3.05, 3.63) is 110 Å². The average Bonchev–Trinajstić information content (AvgIpc) is 3.09. The van der Waals surface area contributed by atoms with Crippen molar-refractivity contribution in [3.63, 3.8) is 0 Å². The van der Waals surface area contributed by atoms with Crippen LogP contribution in [-0.4, -0.2) is 27.4 Å². The highest BCUT2D eigenvalue weighted by Crippen LogP contribution is 2.35. The number of nitro benzene ring substituents is 1. The van der Waals surface area contributed by atoms with E-state index in [0.717, 1.165) is 16.8 Å². The van der Waals surface area contributed by atoms with Gasteiger partial charge in [-0.1, -0.05) is 65.7 Å². The predicted octanol–water partition coefficient (Wildman–Crippen LogP) is 6.40. The predicted molar refractivity (Wildman–Crippen MR) is 134 cm³/mol. The lowest BCUT2D eigenvalue weighted by molar-refractivity contribution is -0.384. The summed E-state index contributed by atoms with van der Waals surface area (Å²) in [6, 6.07) is 22.2. The second-order valence-electron chi connectivity index (χ2n) is 7.50. The van der Waals surface area contributed by atoms with Gasteiger partial charge >= 0.3 is 0 Å². The van der Waals surface area contributed by atoms with Crippen molar-refractivity contribution in [1.82, 2.24) is 4.90 Å². The van der Waals surface area contributed by atoms with E-state index in [-0.39, 0.29) is 16.6 Å². The second kappa shape index (κ2) is 10.0. The van der Waals surface area contributed by atoms with Crippen molar-refractivity contribution in [1.29, 1.82) is 0 Å². The lowest BCUT2D eigenvalue weighted by Gasteiger charge is -2.15. The van der Waals surface area contributed by atoms with Crippen LogP contribution >= 0.6 is 23.4 Å². The van der Waals surface area contributed by atoms with E-state index in [1.807, 2.05) is 61.5 Å². The molecule has 1 heterocycles. The lowest BCUT2D eigenvalue weighted by atomic mass is 10.1. The number of hydrogen-bond acceptors (Lipinski definition) is 5. The number of nitrogens with zero attached hydrogens (tertiary/aromatic N) is 3. The summed E-state index contributed by atoms with van der Waals surface area (Å²) in [5, 5.41) is 11.9. The van der Waals surface area contributed by atoms with Crippen molar-refractivity contribution < 1.29 is 9.72 Å². The lowest BCUT2D eigenvalue weighted by Crippen LogP contribution is -2.31. The summed E-state index contributed by atoms with van der Waals surface area (Å²) in [7, 11) is 0. The Morgan fingerprint density at radius 1 is 1.09 bits per heavy atom. The van der Waals surface area contributed by atoms with Gasteiger partial charge in [-0.25, -0.2) is 4.99 Å². The number of rotatable bonds is 6. The van der Waals surface area contributed by atoms with Gasteiger partial charge in [0.2, 0.25) is 0 Å². The van der Waals surface area contributed by atoms with E-state index in [9.17, 15) is 14.9 Å². The molecule has 1 amide bonds. The maximum atomic E-state index is 13.3. The van der Waals surface area contributed by atoms with E-state index in [1.165, 1.54) is 23.9 Å². The molecule has 8 heteroatoms. The SMILES string of the molecule is Cc1ccc(N=C2S/C(=C/c3ccc(Cl)c([N+](=O)[O-])c3)C(=O)N2CCc2ccccc2)cc1. The van der Waals surface area contributed by atoms with E-state index in [4.69, 9.17) is 16.6 Å². The first-order chi connectivity index (χ1) is 15.9. The molecule has 1 aliphatic heterocycles. The number of amidine groups is 1. The first-order valence-electron chi connectivity index (χ1n) is 10.3. The van der Waals surface area contributed by atoms with Crippen molar-refractivity contribution in [2.75, 3.05) is 6.54 Å². The molecule has 0 unspecified atom stereocenters. The highest BCUT2D eigenvalue weighted by atomic mass is 35.5. The number of hydrogen-bond donors (Lipinski definition) is 0. The van der Waals surface area contributed by atoms with Gasteiger partial charge in [0, 0.05) is 12.6 Å². The molecule has 33 heavy (non-hydrogen) atoms. The third-order valence-electron chi connectivity index (χ3n) is 5.08. The number of benzene rings is 3. The zero-order valence-electron chi connectivity index (χ0n) is 17.8. The fourth-order valence-electron chi connectivity index (χ4n) is 3.31. The van der Waals surface area contributed by atoms with Crippen molar-refractivity contribution in [2.24, 2.45) is 4.99 Å². The molecule has 0 atom stereocenters. The summed E-state index contributed by atoms with van der Waals surface area (Å²) >= 11 is 7.18. The largest absolute Gasteiger partial charge is 0.288 e. The fourth-order valence-corrected chi connectivity index (χ4v) is 4.53. The van der Waals surface area contributed by atoms with Crippen LogP contribution in [0.5, 0.6) is 0 Å². The van der Waals surface area contributed by atoms with Crippen LogP contribution in [0.15, 0.2) is 82.7 Å². The molecule has 0 aliphatic carbocycles. The quantitative estimate of drug-likeness (QED) is 0.234. The first-order valence-corrected chi connectivity index (χ1v) is 11.4. The molecule has 0 N–H and O–H groups in total. The first kappa shape index (κ1) is 22.8. The molecule has 3 aromatic carbocycles. The van der Waals surface area contributed by atoms with E-state index in [1.54, 1.807) is 17.0 Å². The molecule has 0 spiro atoms. The third kappa shape index (κ3) is 5.50. The standard InChI is InChI=1S/C25H20ClN3O3S/c1-17-7-10-20(11-8-17)27-25-28(14-13-18-5-3-2-4-6-18)24(30)23(33-25)16-19-9-12-21(26)22(15-19)29(31)32/h2-12,15-16H,13-14H2,1H3/b23-16+,27-25?. The second-order valence-corrected chi connectivity index (χ2v) is 8.92. The number of aryl methyl sites for hydroxylation is 1. The van der Waals surface area contributed by atoms with Crippen LogP contribution < -0.4 is 0 Å². The van der Waals surface area contributed by atoms with Crippen molar-refractivity contribution in [2.45, 2.75) is 13.3 Å². The zero-order chi connectivity index (χ0) is 23.4. The summed E-state index contributed by atoms with van der Waals surface area (Å²) in [5.41, 5.74) is 3.33. The number of aliphatic imine (C=N–C) groups is 1. The van der Waals surface area contributed by atoms with Gasteiger partial charge in [0.25, 0.3) is 11.6 Å². The Labute approximate surface area is 200 Å². The number of carbonyl (C=O) groups is 1. The number of carbonyl (C=O) groups excluding carboxylic acids is 1. The number of thioether (sulfide) groups is 1. The fraction of sp³-hybridized carbons (Fsp3) is 0.120. The topological polar surface area (TPSA) is 75.8 Å². The minimum atomic E-state index is -0.537.